The van der Waals surface area contributed by atoms with Crippen LogP contribution >= 0.6 is 11.6 Å². The second-order valence-electron chi connectivity index (χ2n) is 8.95. The second-order valence-corrected chi connectivity index (χ2v) is 11.3. The van der Waals surface area contributed by atoms with Crippen LogP contribution in [0.2, 0.25) is 5.02 Å². The Hall–Kier alpha value is -2.98. The molecule has 0 bridgehead atoms. The smallest absolute Gasteiger partial charge is 0.242 e. The first-order valence-corrected chi connectivity index (χ1v) is 14.8. The molecule has 0 heterocycles. The molecule has 0 saturated carbocycles. The molecule has 2 aromatic rings. The number of halogens is 1. The number of hydrogen-bond donors (Lipinski definition) is 1. The maximum absolute atomic E-state index is 13.4. The van der Waals surface area contributed by atoms with Gasteiger partial charge in [0.15, 0.2) is 0 Å². The summed E-state index contributed by atoms with van der Waals surface area (Å²) >= 11 is 6.20. The number of nitrogens with one attached hydrogen (secondary N) is 1. The van der Waals surface area contributed by atoms with Gasteiger partial charge in [0.05, 0.1) is 31.2 Å². The highest BCUT2D eigenvalue weighted by Gasteiger charge is 2.27. The molecule has 0 unspecified atom stereocenters. The van der Waals surface area contributed by atoms with E-state index in [1.807, 2.05) is 31.2 Å². The fourth-order valence-corrected chi connectivity index (χ4v) is 5.11. The topological polar surface area (TPSA) is 105 Å². The Kier molecular flexibility index (Phi) is 12.2. The number of anilines is 1. The molecule has 0 aliphatic carbocycles. The van der Waals surface area contributed by atoms with Crippen LogP contribution in [-0.2, 0) is 26.2 Å². The van der Waals surface area contributed by atoms with Gasteiger partial charge in [0.25, 0.3) is 0 Å². The summed E-state index contributed by atoms with van der Waals surface area (Å²) in [5.74, 6) is 0.586. The van der Waals surface area contributed by atoms with E-state index in [-0.39, 0.29) is 42.8 Å². The number of methoxy groups -OCH3 is 2. The van der Waals surface area contributed by atoms with Crippen LogP contribution in [0.3, 0.4) is 0 Å². The Labute approximate surface area is 231 Å². The van der Waals surface area contributed by atoms with Gasteiger partial charge in [-0.05, 0) is 55.7 Å². The normalized spacial score (nSPS) is 11.9. The van der Waals surface area contributed by atoms with Gasteiger partial charge in [-0.3, -0.25) is 13.9 Å². The number of rotatable bonds is 15. The molecule has 11 heteroatoms. The first kappa shape index (κ1) is 31.2. The van der Waals surface area contributed by atoms with Crippen molar-refractivity contribution >= 4 is 39.1 Å². The van der Waals surface area contributed by atoms with Crippen LogP contribution in [0.5, 0.6) is 11.5 Å². The van der Waals surface area contributed by atoms with Crippen LogP contribution in [-0.4, -0.2) is 64.7 Å². The van der Waals surface area contributed by atoms with Crippen LogP contribution < -0.4 is 19.1 Å². The monoisotopic (exact) mass is 567 g/mol. The molecule has 1 atom stereocenters. The average Bonchev–Trinajstić information content (AvgIpc) is 2.88. The zero-order chi connectivity index (χ0) is 28.3. The molecule has 0 aromatic heterocycles. The van der Waals surface area contributed by atoms with Crippen molar-refractivity contribution in [2.24, 2.45) is 0 Å². The predicted molar refractivity (Wildman–Crippen MR) is 150 cm³/mol. The number of ether oxygens (including phenoxy) is 2. The van der Waals surface area contributed by atoms with Crippen molar-refractivity contribution in [2.75, 3.05) is 37.9 Å². The van der Waals surface area contributed by atoms with E-state index in [1.165, 1.54) is 22.4 Å². The second kappa shape index (κ2) is 14.8. The van der Waals surface area contributed by atoms with E-state index in [9.17, 15) is 18.0 Å². The standard InChI is InChI=1S/C27H38ClN3O6S/c1-6-7-15-29-27(33)20(2)30(19-21-10-8-11-23(17-21)36-3)26(32)12-9-16-31(38(5,34)35)22-13-14-25(37-4)24(28)18-22/h8,10-11,13-14,17-18,20H,6-7,9,12,15-16,19H2,1-5H3,(H,29,33)/t20-/m1/s1. The summed E-state index contributed by atoms with van der Waals surface area (Å²) in [7, 11) is -0.600. The highest BCUT2D eigenvalue weighted by molar-refractivity contribution is 7.92. The maximum atomic E-state index is 13.4. The van der Waals surface area contributed by atoms with Crippen molar-refractivity contribution < 1.29 is 27.5 Å². The van der Waals surface area contributed by atoms with Crippen molar-refractivity contribution in [1.82, 2.24) is 10.2 Å². The van der Waals surface area contributed by atoms with Crippen molar-refractivity contribution in [3.8, 4) is 11.5 Å². The van der Waals surface area contributed by atoms with Crippen molar-refractivity contribution in [3.05, 3.63) is 53.1 Å². The number of hydrogen-bond acceptors (Lipinski definition) is 6. The number of nitrogens with zero attached hydrogens (tertiary/aromatic N) is 2. The van der Waals surface area contributed by atoms with Gasteiger partial charge in [-0.2, -0.15) is 0 Å². The van der Waals surface area contributed by atoms with Gasteiger partial charge in [-0.15, -0.1) is 0 Å². The van der Waals surface area contributed by atoms with E-state index in [2.05, 4.69) is 5.32 Å². The minimum absolute atomic E-state index is 0.0481. The molecule has 0 spiro atoms. The minimum Gasteiger partial charge on any atom is -0.497 e. The summed E-state index contributed by atoms with van der Waals surface area (Å²) in [6.07, 6.45) is 3.18. The molecule has 0 radical (unpaired) electrons. The van der Waals surface area contributed by atoms with Crippen LogP contribution in [0.15, 0.2) is 42.5 Å². The molecular weight excluding hydrogens is 530 g/mol. The lowest BCUT2D eigenvalue weighted by Gasteiger charge is -2.29. The van der Waals surface area contributed by atoms with E-state index in [0.29, 0.717) is 23.7 Å². The summed E-state index contributed by atoms with van der Waals surface area (Å²) in [5, 5.41) is 3.17. The first-order valence-electron chi connectivity index (χ1n) is 12.5. The number of carbonyl (C=O) groups excluding carboxylic acids is 2. The van der Waals surface area contributed by atoms with Gasteiger partial charge in [0, 0.05) is 26.1 Å². The number of amides is 2. The Morgan fingerprint density at radius 3 is 2.42 bits per heavy atom. The zero-order valence-electron chi connectivity index (χ0n) is 22.7. The summed E-state index contributed by atoms with van der Waals surface area (Å²) in [6, 6.07) is 11.3. The summed E-state index contributed by atoms with van der Waals surface area (Å²) in [5.41, 5.74) is 1.19. The van der Waals surface area contributed by atoms with E-state index < -0.39 is 16.1 Å². The number of benzene rings is 2. The number of sulfonamides is 1. The molecule has 0 aliphatic rings. The summed E-state index contributed by atoms with van der Waals surface area (Å²) < 4.78 is 36.7. The van der Waals surface area contributed by atoms with Gasteiger partial charge in [0.2, 0.25) is 21.8 Å². The third-order valence-corrected chi connectivity index (χ3v) is 7.55. The van der Waals surface area contributed by atoms with Crippen molar-refractivity contribution in [1.29, 1.82) is 0 Å². The van der Waals surface area contributed by atoms with Crippen LogP contribution in [0.4, 0.5) is 5.69 Å². The average molecular weight is 568 g/mol. The molecule has 2 rings (SSSR count). The van der Waals surface area contributed by atoms with Crippen LogP contribution in [0.1, 0.15) is 45.1 Å². The van der Waals surface area contributed by atoms with E-state index in [0.717, 1.165) is 24.7 Å². The first-order chi connectivity index (χ1) is 18.0. The van der Waals surface area contributed by atoms with E-state index in [1.54, 1.807) is 26.2 Å². The third-order valence-electron chi connectivity index (χ3n) is 6.06. The fraction of sp³-hybridized carbons (Fsp3) is 0.481. The van der Waals surface area contributed by atoms with Crippen molar-refractivity contribution in [3.63, 3.8) is 0 Å². The number of carbonyl (C=O) groups is 2. The fourth-order valence-electron chi connectivity index (χ4n) is 3.90. The van der Waals surface area contributed by atoms with Gasteiger partial charge < -0.3 is 19.7 Å². The van der Waals surface area contributed by atoms with Gasteiger partial charge in [0.1, 0.15) is 17.5 Å². The molecule has 0 fully saturated rings. The molecule has 0 saturated heterocycles. The van der Waals surface area contributed by atoms with Gasteiger partial charge in [-0.1, -0.05) is 37.1 Å². The molecule has 0 aliphatic heterocycles. The van der Waals surface area contributed by atoms with Gasteiger partial charge >= 0.3 is 0 Å². The molecule has 210 valence electrons. The Bertz CT molecular complexity index is 1190. The highest BCUT2D eigenvalue weighted by atomic mass is 35.5. The zero-order valence-corrected chi connectivity index (χ0v) is 24.3. The Morgan fingerprint density at radius 1 is 1.08 bits per heavy atom. The quantitative estimate of drug-likeness (QED) is 0.323. The third kappa shape index (κ3) is 9.09. The Morgan fingerprint density at radius 2 is 1.82 bits per heavy atom. The molecule has 2 aromatic carbocycles. The lowest BCUT2D eigenvalue weighted by Crippen LogP contribution is -2.48. The van der Waals surface area contributed by atoms with Crippen LogP contribution in [0, 0.1) is 0 Å². The largest absolute Gasteiger partial charge is 0.497 e. The maximum Gasteiger partial charge on any atom is 0.242 e. The van der Waals surface area contributed by atoms with Crippen LogP contribution in [0.25, 0.3) is 0 Å². The molecular formula is C27H38ClN3O6S. The SMILES string of the molecule is CCCCNC(=O)[C@@H](C)N(Cc1cccc(OC)c1)C(=O)CCCN(c1ccc(OC)c(Cl)c1)S(C)(=O)=O. The predicted octanol–water partition coefficient (Wildman–Crippen LogP) is 4.24. The van der Waals surface area contributed by atoms with Gasteiger partial charge in [-0.25, -0.2) is 8.42 Å². The minimum atomic E-state index is -3.64. The summed E-state index contributed by atoms with van der Waals surface area (Å²) in [6.45, 7) is 4.55. The van der Waals surface area contributed by atoms with E-state index in [4.69, 9.17) is 21.1 Å². The van der Waals surface area contributed by atoms with Crippen molar-refractivity contribution in [2.45, 2.75) is 52.1 Å². The molecule has 1 N–H and O–H groups in total. The molecule has 9 nitrogen and oxygen atoms in total. The lowest BCUT2D eigenvalue weighted by molar-refractivity contribution is -0.140. The molecule has 38 heavy (non-hydrogen) atoms. The molecule has 2 amide bonds. The Balaban J connectivity index is 2.19. The van der Waals surface area contributed by atoms with E-state index >= 15 is 0 Å². The lowest BCUT2D eigenvalue weighted by atomic mass is 10.1. The summed E-state index contributed by atoms with van der Waals surface area (Å²) in [4.78, 5) is 27.7. The highest BCUT2D eigenvalue weighted by Crippen LogP contribution is 2.30. The number of unbranched alkanes of at least 4 members (excludes halogenated alkanes) is 1.